The second-order valence-electron chi connectivity index (χ2n) is 3.92. The third-order valence-corrected chi connectivity index (χ3v) is 3.37. The van der Waals surface area contributed by atoms with E-state index in [1.165, 1.54) is 6.92 Å². The van der Waals surface area contributed by atoms with E-state index >= 15 is 0 Å². The van der Waals surface area contributed by atoms with Crippen LogP contribution >= 0.6 is 11.8 Å². The van der Waals surface area contributed by atoms with Crippen molar-refractivity contribution in [3.05, 3.63) is 0 Å². The molecular formula is C11H19N3O5S. The number of carbonyl (C=O) groups excluding carboxylic acids is 3. The number of hydrogen-bond donors (Lipinski definition) is 4. The molecule has 0 aromatic rings. The van der Waals surface area contributed by atoms with Gasteiger partial charge in [0.25, 0.3) is 0 Å². The van der Waals surface area contributed by atoms with Crippen molar-refractivity contribution in [1.82, 2.24) is 16.0 Å². The minimum atomic E-state index is -1.18. The molecule has 0 spiro atoms. The molecule has 0 bridgehead atoms. The van der Waals surface area contributed by atoms with E-state index in [9.17, 15) is 19.2 Å². The van der Waals surface area contributed by atoms with Crippen molar-refractivity contribution in [2.45, 2.75) is 32.1 Å². The van der Waals surface area contributed by atoms with Crippen molar-refractivity contribution in [2.24, 2.45) is 0 Å². The summed E-state index contributed by atoms with van der Waals surface area (Å²) < 4.78 is 0. The van der Waals surface area contributed by atoms with Crippen LogP contribution in [-0.2, 0) is 14.4 Å². The van der Waals surface area contributed by atoms with Crippen molar-refractivity contribution in [3.8, 4) is 0 Å². The first-order valence-corrected chi connectivity index (χ1v) is 7.03. The summed E-state index contributed by atoms with van der Waals surface area (Å²) in [5.41, 5.74) is 0. The van der Waals surface area contributed by atoms with Crippen LogP contribution in [0.3, 0.4) is 0 Å². The monoisotopic (exact) mass is 305 g/mol. The number of carboxylic acid groups (broad SMARTS) is 1. The molecule has 0 saturated carbocycles. The quantitative estimate of drug-likeness (QED) is 0.504. The first-order chi connectivity index (χ1) is 9.27. The zero-order valence-corrected chi connectivity index (χ0v) is 12.4. The lowest BCUT2D eigenvalue weighted by atomic mass is 10.3. The summed E-state index contributed by atoms with van der Waals surface area (Å²) in [6.07, 6.45) is 0. The summed E-state index contributed by atoms with van der Waals surface area (Å²) in [6.45, 7) is 4.87. The fourth-order valence-corrected chi connectivity index (χ4v) is 2.07. The summed E-state index contributed by atoms with van der Waals surface area (Å²) in [5.74, 6) is -2.13. The van der Waals surface area contributed by atoms with Crippen LogP contribution in [0.15, 0.2) is 0 Å². The van der Waals surface area contributed by atoms with Gasteiger partial charge in [0.05, 0.1) is 5.25 Å². The fourth-order valence-electron chi connectivity index (χ4n) is 1.15. The van der Waals surface area contributed by atoms with Gasteiger partial charge in [0.15, 0.2) is 0 Å². The van der Waals surface area contributed by atoms with Crippen LogP contribution in [0, 0.1) is 0 Å². The average molecular weight is 305 g/mol. The van der Waals surface area contributed by atoms with Crippen LogP contribution in [0.4, 0.5) is 4.79 Å². The second kappa shape index (κ2) is 9.18. The molecule has 0 rings (SSSR count). The Labute approximate surface area is 121 Å². The molecule has 0 heterocycles. The van der Waals surface area contributed by atoms with Gasteiger partial charge >= 0.3 is 12.0 Å². The molecule has 0 aliphatic rings. The summed E-state index contributed by atoms with van der Waals surface area (Å²) in [6, 6.07) is -1.67. The molecule has 0 aliphatic carbocycles. The number of nitrogens with one attached hydrogen (secondary N) is 3. The summed E-state index contributed by atoms with van der Waals surface area (Å²) in [7, 11) is 0. The van der Waals surface area contributed by atoms with E-state index in [0.29, 0.717) is 6.54 Å². The highest BCUT2D eigenvalue weighted by Gasteiger charge is 2.22. The molecule has 0 aromatic carbocycles. The van der Waals surface area contributed by atoms with E-state index in [4.69, 9.17) is 5.11 Å². The van der Waals surface area contributed by atoms with E-state index in [1.54, 1.807) is 13.8 Å². The summed E-state index contributed by atoms with van der Waals surface area (Å²) in [5, 5.41) is 15.1. The smallest absolute Gasteiger partial charge is 0.327 e. The largest absolute Gasteiger partial charge is 0.480 e. The third-order valence-electron chi connectivity index (χ3n) is 2.13. The van der Waals surface area contributed by atoms with Crippen LogP contribution in [0.2, 0.25) is 0 Å². The van der Waals surface area contributed by atoms with Gasteiger partial charge in [-0.05, 0) is 13.8 Å². The van der Waals surface area contributed by atoms with Gasteiger partial charge in [0.1, 0.15) is 6.04 Å². The summed E-state index contributed by atoms with van der Waals surface area (Å²) >= 11 is 1.04. The molecular weight excluding hydrogens is 286 g/mol. The molecule has 0 aliphatic heterocycles. The Morgan fingerprint density at radius 1 is 1.25 bits per heavy atom. The number of hydrogen-bond acceptors (Lipinski definition) is 5. The second-order valence-corrected chi connectivity index (χ2v) is 5.29. The SMILES string of the molecule is CCNC(=O)NC(=O)C(C)SC[C@H](NC(C)=O)C(=O)O. The lowest BCUT2D eigenvalue weighted by Crippen LogP contribution is -2.44. The topological polar surface area (TPSA) is 125 Å². The number of urea groups is 1. The highest BCUT2D eigenvalue weighted by atomic mass is 32.2. The van der Waals surface area contributed by atoms with Crippen molar-refractivity contribution in [1.29, 1.82) is 0 Å². The molecule has 0 aromatic heterocycles. The Balaban J connectivity index is 4.27. The van der Waals surface area contributed by atoms with Crippen molar-refractivity contribution in [3.63, 3.8) is 0 Å². The van der Waals surface area contributed by atoms with Gasteiger partial charge in [-0.25, -0.2) is 9.59 Å². The summed E-state index contributed by atoms with van der Waals surface area (Å²) in [4.78, 5) is 44.5. The molecule has 9 heteroatoms. The number of thioether (sulfide) groups is 1. The highest BCUT2D eigenvalue weighted by molar-refractivity contribution is 8.00. The number of amides is 4. The molecule has 4 amide bonds. The number of aliphatic carboxylic acids is 1. The number of carbonyl (C=O) groups is 4. The third kappa shape index (κ3) is 7.62. The van der Waals surface area contributed by atoms with Crippen LogP contribution in [0.1, 0.15) is 20.8 Å². The molecule has 8 nitrogen and oxygen atoms in total. The molecule has 1 unspecified atom stereocenters. The van der Waals surface area contributed by atoms with Crippen molar-refractivity contribution < 1.29 is 24.3 Å². The maximum absolute atomic E-state index is 11.6. The maximum Gasteiger partial charge on any atom is 0.327 e. The average Bonchev–Trinajstić information content (AvgIpc) is 2.33. The number of carboxylic acids is 1. The predicted molar refractivity (Wildman–Crippen MR) is 74.4 cm³/mol. The van der Waals surface area contributed by atoms with Crippen LogP contribution in [-0.4, -0.2) is 52.5 Å². The van der Waals surface area contributed by atoms with E-state index in [2.05, 4.69) is 16.0 Å². The van der Waals surface area contributed by atoms with Gasteiger partial charge in [-0.15, -0.1) is 11.8 Å². The van der Waals surface area contributed by atoms with Crippen molar-refractivity contribution in [2.75, 3.05) is 12.3 Å². The lowest BCUT2D eigenvalue weighted by molar-refractivity contribution is -0.140. The Kier molecular flexibility index (Phi) is 8.37. The van der Waals surface area contributed by atoms with Gasteiger partial charge < -0.3 is 15.7 Å². The first-order valence-electron chi connectivity index (χ1n) is 5.98. The van der Waals surface area contributed by atoms with Crippen LogP contribution in [0.25, 0.3) is 0 Å². The predicted octanol–water partition coefficient (Wildman–Crippen LogP) is -0.457. The Morgan fingerprint density at radius 3 is 2.30 bits per heavy atom. The Hall–Kier alpha value is -1.77. The fraction of sp³-hybridized carbons (Fsp3) is 0.636. The highest BCUT2D eigenvalue weighted by Crippen LogP contribution is 2.12. The molecule has 0 saturated heterocycles. The van der Waals surface area contributed by atoms with E-state index in [-0.39, 0.29) is 5.75 Å². The van der Waals surface area contributed by atoms with E-state index < -0.39 is 35.1 Å². The zero-order chi connectivity index (χ0) is 15.7. The van der Waals surface area contributed by atoms with E-state index in [1.807, 2.05) is 0 Å². The Bertz CT molecular complexity index is 388. The lowest BCUT2D eigenvalue weighted by Gasteiger charge is -2.16. The van der Waals surface area contributed by atoms with Gasteiger partial charge in [-0.1, -0.05) is 0 Å². The van der Waals surface area contributed by atoms with Gasteiger partial charge in [0.2, 0.25) is 11.8 Å². The van der Waals surface area contributed by atoms with Crippen molar-refractivity contribution >= 4 is 35.6 Å². The van der Waals surface area contributed by atoms with E-state index in [0.717, 1.165) is 11.8 Å². The van der Waals surface area contributed by atoms with Crippen LogP contribution < -0.4 is 16.0 Å². The van der Waals surface area contributed by atoms with Gasteiger partial charge in [-0.3, -0.25) is 14.9 Å². The standard InChI is InChI=1S/C11H19N3O5S/c1-4-12-11(19)14-9(16)6(2)20-5-8(10(17)18)13-7(3)15/h6,8H,4-5H2,1-3H3,(H,13,15)(H,17,18)(H2,12,14,16,19)/t6?,8-/m0/s1. The molecule has 0 fully saturated rings. The number of imide groups is 1. The number of rotatable bonds is 7. The minimum Gasteiger partial charge on any atom is -0.480 e. The molecule has 114 valence electrons. The normalized spacial score (nSPS) is 12.9. The van der Waals surface area contributed by atoms with Gasteiger partial charge in [0, 0.05) is 19.2 Å². The Morgan fingerprint density at radius 2 is 1.85 bits per heavy atom. The van der Waals surface area contributed by atoms with Crippen LogP contribution in [0.5, 0.6) is 0 Å². The minimum absolute atomic E-state index is 0.0267. The maximum atomic E-state index is 11.6. The first kappa shape index (κ1) is 18.2. The molecule has 20 heavy (non-hydrogen) atoms. The molecule has 2 atom stereocenters. The molecule has 0 radical (unpaired) electrons. The van der Waals surface area contributed by atoms with Gasteiger partial charge in [-0.2, -0.15) is 0 Å². The molecule has 4 N–H and O–H groups in total. The zero-order valence-electron chi connectivity index (χ0n) is 11.6.